The number of halogens is 1. The molecule has 2 N–H and O–H groups in total. The van der Waals surface area contributed by atoms with Crippen molar-refractivity contribution in [3.8, 4) is 0 Å². The SMILES string of the molecule is Cc1onc2c1c(=O)n(C1CC(C(=O)NCc3cccnc3)CN(C(=O)O)C1)c1cccc(Cl)c21. The van der Waals surface area contributed by atoms with Crippen molar-refractivity contribution in [1.29, 1.82) is 0 Å². The number of likely N-dealkylation sites (tertiary alicyclic amines) is 1. The lowest BCUT2D eigenvalue weighted by Gasteiger charge is -2.37. The lowest BCUT2D eigenvalue weighted by molar-refractivity contribution is -0.127. The third-order valence-electron chi connectivity index (χ3n) is 6.41. The molecule has 2 amide bonds. The van der Waals surface area contributed by atoms with Crippen LogP contribution in [0.4, 0.5) is 4.79 Å². The fourth-order valence-corrected chi connectivity index (χ4v) is 5.04. The Morgan fingerprint density at radius 2 is 2.06 bits per heavy atom. The zero-order valence-electron chi connectivity index (χ0n) is 18.8. The molecule has 10 nitrogen and oxygen atoms in total. The predicted octanol–water partition coefficient (Wildman–Crippen LogP) is 3.36. The van der Waals surface area contributed by atoms with Gasteiger partial charge in [-0.1, -0.05) is 28.9 Å². The normalized spacial score (nSPS) is 18.2. The lowest BCUT2D eigenvalue weighted by Crippen LogP contribution is -2.50. The Kier molecular flexibility index (Phi) is 5.89. The maximum atomic E-state index is 13.6. The van der Waals surface area contributed by atoms with Crippen LogP contribution in [0.2, 0.25) is 5.02 Å². The quantitative estimate of drug-likeness (QED) is 0.444. The average molecular weight is 496 g/mol. The molecular formula is C24H22ClN5O5. The summed E-state index contributed by atoms with van der Waals surface area (Å²) in [5, 5.41) is 17.9. The van der Waals surface area contributed by atoms with E-state index >= 15 is 0 Å². The monoisotopic (exact) mass is 495 g/mol. The molecule has 11 heteroatoms. The molecule has 0 aliphatic carbocycles. The van der Waals surface area contributed by atoms with Crippen LogP contribution in [-0.4, -0.2) is 49.8 Å². The summed E-state index contributed by atoms with van der Waals surface area (Å²) in [4.78, 5) is 43.9. The Balaban J connectivity index is 1.56. The summed E-state index contributed by atoms with van der Waals surface area (Å²) in [6.45, 7) is 2.00. The van der Waals surface area contributed by atoms with Gasteiger partial charge in [0.25, 0.3) is 5.56 Å². The number of aryl methyl sites for hydroxylation is 1. The van der Waals surface area contributed by atoms with Crippen LogP contribution in [0.3, 0.4) is 0 Å². The Bertz CT molecular complexity index is 1500. The van der Waals surface area contributed by atoms with E-state index in [0.717, 1.165) is 5.56 Å². The summed E-state index contributed by atoms with van der Waals surface area (Å²) in [5.74, 6) is -0.596. The predicted molar refractivity (Wildman–Crippen MR) is 128 cm³/mol. The van der Waals surface area contributed by atoms with Crippen LogP contribution < -0.4 is 10.9 Å². The van der Waals surface area contributed by atoms with E-state index in [1.54, 1.807) is 43.6 Å². The Labute approximate surface area is 204 Å². The fourth-order valence-electron chi connectivity index (χ4n) is 4.78. The van der Waals surface area contributed by atoms with E-state index in [0.29, 0.717) is 27.2 Å². The van der Waals surface area contributed by atoms with Gasteiger partial charge in [0.1, 0.15) is 16.7 Å². The Morgan fingerprint density at radius 1 is 1.23 bits per heavy atom. The van der Waals surface area contributed by atoms with Crippen molar-refractivity contribution in [1.82, 2.24) is 24.9 Å². The summed E-state index contributed by atoms with van der Waals surface area (Å²) in [6.07, 6.45) is 2.42. The number of benzene rings is 1. The summed E-state index contributed by atoms with van der Waals surface area (Å²) >= 11 is 6.50. The van der Waals surface area contributed by atoms with Crippen LogP contribution in [-0.2, 0) is 11.3 Å². The molecule has 1 aromatic carbocycles. The Hall–Kier alpha value is -3.92. The maximum absolute atomic E-state index is 13.6. The van der Waals surface area contributed by atoms with Crippen LogP contribution in [0.5, 0.6) is 0 Å². The van der Waals surface area contributed by atoms with Gasteiger partial charge >= 0.3 is 6.09 Å². The number of nitrogens with zero attached hydrogens (tertiary/aromatic N) is 4. The van der Waals surface area contributed by atoms with Crippen molar-refractivity contribution in [2.75, 3.05) is 13.1 Å². The molecule has 0 saturated carbocycles. The minimum absolute atomic E-state index is 0.0344. The van der Waals surface area contributed by atoms with Gasteiger partial charge in [0.15, 0.2) is 0 Å². The standard InChI is InChI=1S/C24H22ClN5O5/c1-13-19-21(28-35-13)20-17(25)5-2-6-18(20)30(23(19)32)16-8-15(11-29(12-16)24(33)34)22(31)27-10-14-4-3-7-26-9-14/h2-7,9,15-16H,8,10-12H2,1H3,(H,27,31)(H,33,34). The fraction of sp³-hybridized carbons (Fsp3) is 0.292. The van der Waals surface area contributed by atoms with E-state index in [1.165, 1.54) is 9.47 Å². The van der Waals surface area contributed by atoms with Crippen molar-refractivity contribution in [3.05, 3.63) is 69.4 Å². The molecule has 1 aliphatic rings. The molecule has 0 bridgehead atoms. The van der Waals surface area contributed by atoms with Crippen LogP contribution >= 0.6 is 11.6 Å². The van der Waals surface area contributed by atoms with Crippen LogP contribution in [0, 0.1) is 12.8 Å². The minimum Gasteiger partial charge on any atom is -0.465 e. The first-order chi connectivity index (χ1) is 16.8. The minimum atomic E-state index is -1.16. The molecule has 1 fully saturated rings. The summed E-state index contributed by atoms with van der Waals surface area (Å²) in [6, 6.07) is 8.17. The third-order valence-corrected chi connectivity index (χ3v) is 6.72. The summed E-state index contributed by atoms with van der Waals surface area (Å²) in [5.41, 5.74) is 1.34. The van der Waals surface area contributed by atoms with E-state index in [2.05, 4.69) is 15.5 Å². The van der Waals surface area contributed by atoms with Gasteiger partial charge < -0.3 is 24.4 Å². The smallest absolute Gasteiger partial charge is 0.407 e. The topological polar surface area (TPSA) is 131 Å². The second kappa shape index (κ2) is 9.03. The van der Waals surface area contributed by atoms with Gasteiger partial charge in [-0.05, 0) is 37.1 Å². The molecule has 180 valence electrons. The molecule has 0 radical (unpaired) electrons. The van der Waals surface area contributed by atoms with Gasteiger partial charge in [0.2, 0.25) is 5.91 Å². The largest absolute Gasteiger partial charge is 0.465 e. The first kappa shape index (κ1) is 22.9. The van der Waals surface area contributed by atoms with Crippen LogP contribution in [0.15, 0.2) is 52.0 Å². The molecule has 35 heavy (non-hydrogen) atoms. The van der Waals surface area contributed by atoms with Gasteiger partial charge in [-0.3, -0.25) is 14.6 Å². The lowest BCUT2D eigenvalue weighted by atomic mass is 9.92. The van der Waals surface area contributed by atoms with Gasteiger partial charge in [-0.25, -0.2) is 4.79 Å². The molecule has 5 rings (SSSR count). The van der Waals surface area contributed by atoms with Gasteiger partial charge in [-0.15, -0.1) is 0 Å². The maximum Gasteiger partial charge on any atom is 0.407 e. The highest BCUT2D eigenvalue weighted by Gasteiger charge is 2.36. The first-order valence-electron chi connectivity index (χ1n) is 11.1. The number of carboxylic acid groups (broad SMARTS) is 1. The van der Waals surface area contributed by atoms with Gasteiger partial charge in [0.05, 0.1) is 22.5 Å². The van der Waals surface area contributed by atoms with Crippen LogP contribution in [0.1, 0.15) is 23.8 Å². The average Bonchev–Trinajstić information content (AvgIpc) is 3.24. The summed E-state index contributed by atoms with van der Waals surface area (Å²) < 4.78 is 6.83. The summed E-state index contributed by atoms with van der Waals surface area (Å²) in [7, 11) is 0. The number of piperidine rings is 1. The number of fused-ring (bicyclic) bond motifs is 3. The van der Waals surface area contributed by atoms with Crippen molar-refractivity contribution >= 4 is 45.4 Å². The molecule has 0 spiro atoms. The number of amides is 2. The Morgan fingerprint density at radius 3 is 2.80 bits per heavy atom. The highest BCUT2D eigenvalue weighted by molar-refractivity contribution is 6.37. The van der Waals surface area contributed by atoms with E-state index in [9.17, 15) is 19.5 Å². The van der Waals surface area contributed by atoms with E-state index in [4.69, 9.17) is 16.1 Å². The molecule has 4 heterocycles. The molecule has 1 aliphatic heterocycles. The second-order valence-electron chi connectivity index (χ2n) is 8.62. The zero-order valence-corrected chi connectivity index (χ0v) is 19.5. The number of carbonyl (C=O) groups is 2. The molecule has 2 atom stereocenters. The van der Waals surface area contributed by atoms with Crippen LogP contribution in [0.25, 0.3) is 21.8 Å². The number of hydrogen-bond donors (Lipinski definition) is 2. The highest BCUT2D eigenvalue weighted by Crippen LogP contribution is 2.34. The molecular weight excluding hydrogens is 474 g/mol. The molecule has 1 saturated heterocycles. The van der Waals surface area contributed by atoms with Crippen molar-refractivity contribution in [3.63, 3.8) is 0 Å². The number of carbonyl (C=O) groups excluding carboxylic acids is 1. The van der Waals surface area contributed by atoms with Crippen molar-refractivity contribution in [2.45, 2.75) is 25.9 Å². The number of rotatable bonds is 4. The highest BCUT2D eigenvalue weighted by atomic mass is 35.5. The second-order valence-corrected chi connectivity index (χ2v) is 9.03. The number of hydrogen-bond acceptors (Lipinski definition) is 6. The molecule has 3 aromatic heterocycles. The van der Waals surface area contributed by atoms with Crippen molar-refractivity contribution < 1.29 is 19.2 Å². The van der Waals surface area contributed by atoms with E-state index in [1.807, 2.05) is 6.07 Å². The first-order valence-corrected chi connectivity index (χ1v) is 11.5. The molecule has 4 aromatic rings. The van der Waals surface area contributed by atoms with Gasteiger partial charge in [-0.2, -0.15) is 0 Å². The molecule has 2 unspecified atom stereocenters. The van der Waals surface area contributed by atoms with E-state index in [-0.39, 0.29) is 42.9 Å². The number of nitrogens with one attached hydrogen (secondary N) is 1. The third kappa shape index (κ3) is 4.10. The number of aromatic nitrogens is 3. The zero-order chi connectivity index (χ0) is 24.7. The number of pyridine rings is 2. The van der Waals surface area contributed by atoms with E-state index < -0.39 is 18.1 Å². The van der Waals surface area contributed by atoms with Gasteiger partial charge in [0, 0.05) is 37.4 Å². The van der Waals surface area contributed by atoms with Crippen molar-refractivity contribution in [2.24, 2.45) is 5.92 Å².